The summed E-state index contributed by atoms with van der Waals surface area (Å²) in [7, 11) is 0. The molecule has 0 unspecified atom stereocenters. The molecule has 1 aromatic rings. The average Bonchev–Trinajstić information content (AvgIpc) is 2.72. The van der Waals surface area contributed by atoms with Crippen LogP contribution in [-0.2, 0) is 17.6 Å². The van der Waals surface area contributed by atoms with Gasteiger partial charge in [-0.05, 0) is 36.8 Å². The van der Waals surface area contributed by atoms with Crippen LogP contribution in [-0.4, -0.2) is 54.5 Å². The molecule has 2 heterocycles. The van der Waals surface area contributed by atoms with Gasteiger partial charge in [-0.3, -0.25) is 9.69 Å². The highest BCUT2D eigenvalue weighted by molar-refractivity contribution is 5.78. The van der Waals surface area contributed by atoms with Gasteiger partial charge in [0.1, 0.15) is 0 Å². The Bertz CT molecular complexity index is 468. The predicted octanol–water partition coefficient (Wildman–Crippen LogP) is 1.04. The molecule has 0 spiro atoms. The van der Waals surface area contributed by atoms with E-state index in [0.717, 1.165) is 51.9 Å². The van der Waals surface area contributed by atoms with Crippen LogP contribution in [0.15, 0.2) is 24.3 Å². The Morgan fingerprint density at radius 2 is 1.62 bits per heavy atom. The topological polar surface area (TPSA) is 49.6 Å². The highest BCUT2D eigenvalue weighted by Crippen LogP contribution is 2.16. The molecule has 0 aromatic heterocycles. The molecule has 2 N–H and O–H groups in total. The van der Waals surface area contributed by atoms with Crippen molar-refractivity contribution in [2.45, 2.75) is 31.7 Å². The van der Waals surface area contributed by atoms with Crippen LogP contribution in [0.4, 0.5) is 0 Å². The Balaban J connectivity index is 1.54. The van der Waals surface area contributed by atoms with Gasteiger partial charge < -0.3 is 10.6 Å². The fourth-order valence-electron chi connectivity index (χ4n) is 3.32. The number of piperidine rings is 1. The van der Waals surface area contributed by atoms with Crippen molar-refractivity contribution in [2.24, 2.45) is 5.73 Å². The van der Waals surface area contributed by atoms with Crippen molar-refractivity contribution in [3.63, 3.8) is 0 Å². The first-order valence-corrected chi connectivity index (χ1v) is 8.05. The Hall–Kier alpha value is -1.39. The Kier molecular flexibility index (Phi) is 4.56. The Morgan fingerprint density at radius 3 is 2.19 bits per heavy atom. The number of nitrogens with two attached hydrogens (primary N) is 1. The molecule has 0 saturated carbocycles. The number of hydrogen-bond acceptors (Lipinski definition) is 3. The van der Waals surface area contributed by atoms with E-state index in [1.807, 2.05) is 4.90 Å². The van der Waals surface area contributed by atoms with Gasteiger partial charge in [0.15, 0.2) is 0 Å². The number of rotatable bonds is 2. The molecule has 0 atom stereocenters. The lowest BCUT2D eigenvalue weighted by molar-refractivity contribution is -0.132. The van der Waals surface area contributed by atoms with Crippen molar-refractivity contribution < 1.29 is 4.79 Å². The van der Waals surface area contributed by atoms with Crippen LogP contribution in [0.5, 0.6) is 0 Å². The van der Waals surface area contributed by atoms with Gasteiger partial charge in [0.25, 0.3) is 0 Å². The number of carbonyl (C=O) groups excluding carboxylic acids is 1. The van der Waals surface area contributed by atoms with Gasteiger partial charge in [-0.25, -0.2) is 0 Å². The first-order chi connectivity index (χ1) is 10.2. The molecule has 0 aliphatic carbocycles. The fraction of sp³-hybridized carbons (Fsp3) is 0.588. The van der Waals surface area contributed by atoms with Gasteiger partial charge in [-0.1, -0.05) is 24.3 Å². The minimum Gasteiger partial charge on any atom is -0.341 e. The zero-order valence-electron chi connectivity index (χ0n) is 12.6. The fourth-order valence-corrected chi connectivity index (χ4v) is 3.32. The molecular formula is C17H25N3O. The molecule has 4 heteroatoms. The molecule has 1 aromatic carbocycles. The molecule has 1 amide bonds. The lowest BCUT2D eigenvalue weighted by Gasteiger charge is -2.31. The molecule has 21 heavy (non-hydrogen) atoms. The largest absolute Gasteiger partial charge is 0.341 e. The SMILES string of the molecule is NC1CCN(CC(=O)N2CCc3ccccc3CC2)CC1. The summed E-state index contributed by atoms with van der Waals surface area (Å²) >= 11 is 0. The zero-order chi connectivity index (χ0) is 14.7. The third kappa shape index (κ3) is 3.63. The Labute approximate surface area is 126 Å². The third-order valence-electron chi connectivity index (χ3n) is 4.76. The normalized spacial score (nSPS) is 20.9. The van der Waals surface area contributed by atoms with Crippen molar-refractivity contribution in [3.8, 4) is 0 Å². The van der Waals surface area contributed by atoms with E-state index in [1.54, 1.807) is 0 Å². The van der Waals surface area contributed by atoms with E-state index in [2.05, 4.69) is 29.2 Å². The standard InChI is InChI=1S/C17H25N3O/c18-16-7-9-19(10-8-16)13-17(21)20-11-5-14-3-1-2-4-15(14)6-12-20/h1-4,16H,5-13,18H2. The summed E-state index contributed by atoms with van der Waals surface area (Å²) in [4.78, 5) is 16.8. The first-order valence-electron chi connectivity index (χ1n) is 8.05. The predicted molar refractivity (Wildman–Crippen MR) is 84.1 cm³/mol. The quantitative estimate of drug-likeness (QED) is 0.884. The molecular weight excluding hydrogens is 262 g/mol. The van der Waals surface area contributed by atoms with Crippen molar-refractivity contribution in [3.05, 3.63) is 35.4 Å². The summed E-state index contributed by atoms with van der Waals surface area (Å²) < 4.78 is 0. The summed E-state index contributed by atoms with van der Waals surface area (Å²) in [6, 6.07) is 8.88. The van der Waals surface area contributed by atoms with Gasteiger partial charge in [0.05, 0.1) is 6.54 Å². The second-order valence-corrected chi connectivity index (χ2v) is 6.26. The second kappa shape index (κ2) is 6.58. The number of fused-ring (bicyclic) bond motifs is 1. The van der Waals surface area contributed by atoms with Gasteiger partial charge in [-0.2, -0.15) is 0 Å². The van der Waals surface area contributed by atoms with Gasteiger partial charge in [-0.15, -0.1) is 0 Å². The first kappa shape index (κ1) is 14.5. The monoisotopic (exact) mass is 287 g/mol. The lowest BCUT2D eigenvalue weighted by atomic mass is 10.0. The van der Waals surface area contributed by atoms with Gasteiger partial charge >= 0.3 is 0 Å². The van der Waals surface area contributed by atoms with E-state index in [4.69, 9.17) is 5.73 Å². The van der Waals surface area contributed by atoms with Crippen LogP contribution in [0.25, 0.3) is 0 Å². The average molecular weight is 287 g/mol. The van der Waals surface area contributed by atoms with Gasteiger partial charge in [0.2, 0.25) is 5.91 Å². The van der Waals surface area contributed by atoms with Crippen LogP contribution < -0.4 is 5.73 Å². The molecule has 1 fully saturated rings. The second-order valence-electron chi connectivity index (χ2n) is 6.26. The van der Waals surface area contributed by atoms with Crippen molar-refractivity contribution >= 4 is 5.91 Å². The van der Waals surface area contributed by atoms with E-state index < -0.39 is 0 Å². The molecule has 4 nitrogen and oxygen atoms in total. The number of carbonyl (C=O) groups is 1. The summed E-state index contributed by atoms with van der Waals surface area (Å²) in [6.45, 7) is 4.18. The summed E-state index contributed by atoms with van der Waals surface area (Å²) in [5.74, 6) is 0.276. The summed E-state index contributed by atoms with van der Waals surface area (Å²) in [5.41, 5.74) is 8.72. The molecule has 114 valence electrons. The molecule has 2 aliphatic heterocycles. The van der Waals surface area contributed by atoms with Crippen molar-refractivity contribution in [2.75, 3.05) is 32.7 Å². The molecule has 3 rings (SSSR count). The number of amides is 1. The smallest absolute Gasteiger partial charge is 0.236 e. The van der Waals surface area contributed by atoms with E-state index >= 15 is 0 Å². The van der Waals surface area contributed by atoms with Crippen LogP contribution in [0.3, 0.4) is 0 Å². The van der Waals surface area contributed by atoms with Gasteiger partial charge in [0, 0.05) is 32.2 Å². The van der Waals surface area contributed by atoms with Crippen LogP contribution in [0.1, 0.15) is 24.0 Å². The highest BCUT2D eigenvalue weighted by atomic mass is 16.2. The maximum Gasteiger partial charge on any atom is 0.236 e. The maximum atomic E-state index is 12.5. The molecule has 1 saturated heterocycles. The summed E-state index contributed by atoms with van der Waals surface area (Å²) in [6.07, 6.45) is 3.98. The van der Waals surface area contributed by atoms with E-state index in [1.165, 1.54) is 11.1 Å². The van der Waals surface area contributed by atoms with Crippen LogP contribution in [0.2, 0.25) is 0 Å². The van der Waals surface area contributed by atoms with Crippen molar-refractivity contribution in [1.82, 2.24) is 9.80 Å². The lowest BCUT2D eigenvalue weighted by Crippen LogP contribution is -2.46. The number of nitrogens with zero attached hydrogens (tertiary/aromatic N) is 2. The van der Waals surface area contributed by atoms with E-state index in [0.29, 0.717) is 12.6 Å². The maximum absolute atomic E-state index is 12.5. The number of hydrogen-bond donors (Lipinski definition) is 1. The highest BCUT2D eigenvalue weighted by Gasteiger charge is 2.22. The molecule has 0 radical (unpaired) electrons. The third-order valence-corrected chi connectivity index (χ3v) is 4.76. The van der Waals surface area contributed by atoms with E-state index in [9.17, 15) is 4.79 Å². The number of likely N-dealkylation sites (tertiary alicyclic amines) is 1. The van der Waals surface area contributed by atoms with Crippen molar-refractivity contribution in [1.29, 1.82) is 0 Å². The molecule has 0 bridgehead atoms. The number of benzene rings is 1. The Morgan fingerprint density at radius 1 is 1.05 bits per heavy atom. The van der Waals surface area contributed by atoms with Crippen LogP contribution in [0, 0.1) is 0 Å². The molecule has 2 aliphatic rings. The summed E-state index contributed by atoms with van der Waals surface area (Å²) in [5, 5.41) is 0. The minimum atomic E-state index is 0.276. The van der Waals surface area contributed by atoms with E-state index in [-0.39, 0.29) is 5.91 Å². The zero-order valence-corrected chi connectivity index (χ0v) is 12.6. The minimum absolute atomic E-state index is 0.276. The van der Waals surface area contributed by atoms with Crippen LogP contribution >= 0.6 is 0 Å².